The van der Waals surface area contributed by atoms with Gasteiger partial charge in [0, 0.05) is 6.20 Å². The van der Waals surface area contributed by atoms with E-state index in [1.54, 1.807) is 6.08 Å². The Balaban J connectivity index is 2.10. The zero-order chi connectivity index (χ0) is 15.3. The van der Waals surface area contributed by atoms with E-state index in [2.05, 4.69) is 21.4 Å². The van der Waals surface area contributed by atoms with Gasteiger partial charge in [0.05, 0.1) is 23.8 Å². The van der Waals surface area contributed by atoms with E-state index in [0.717, 1.165) is 0 Å². The molecule has 0 saturated carbocycles. The van der Waals surface area contributed by atoms with Crippen LogP contribution in [0.2, 0.25) is 0 Å². The molecule has 0 amide bonds. The number of hydrogen-bond acceptors (Lipinski definition) is 4. The highest BCUT2D eigenvalue weighted by Crippen LogP contribution is 2.14. The van der Waals surface area contributed by atoms with Gasteiger partial charge in [-0.25, -0.2) is 22.5 Å². The highest BCUT2D eigenvalue weighted by molar-refractivity contribution is 7.92. The van der Waals surface area contributed by atoms with Gasteiger partial charge in [0.2, 0.25) is 10.0 Å². The lowest BCUT2D eigenvalue weighted by Gasteiger charge is -2.04. The summed E-state index contributed by atoms with van der Waals surface area (Å²) >= 11 is 0. The summed E-state index contributed by atoms with van der Waals surface area (Å²) in [4.78, 5) is 3.86. The van der Waals surface area contributed by atoms with Crippen LogP contribution in [-0.2, 0) is 10.0 Å². The number of hydrogen-bond donors (Lipinski definition) is 1. The van der Waals surface area contributed by atoms with Crippen molar-refractivity contribution in [2.24, 2.45) is 0 Å². The summed E-state index contributed by atoms with van der Waals surface area (Å²) in [5.41, 5.74) is 0.263. The van der Waals surface area contributed by atoms with E-state index < -0.39 is 15.8 Å². The topological polar surface area (TPSA) is 76.9 Å². The van der Waals surface area contributed by atoms with Crippen molar-refractivity contribution in [3.63, 3.8) is 0 Å². The number of nitrogens with zero attached hydrogens (tertiary/aromatic N) is 3. The smallest absolute Gasteiger partial charge is 0.232 e. The van der Waals surface area contributed by atoms with Crippen molar-refractivity contribution in [2.45, 2.75) is 12.8 Å². The number of aromatic nitrogens is 3. The average Bonchev–Trinajstić information content (AvgIpc) is 2.87. The van der Waals surface area contributed by atoms with Crippen molar-refractivity contribution in [2.75, 3.05) is 10.5 Å². The first-order valence-electron chi connectivity index (χ1n) is 6.29. The van der Waals surface area contributed by atoms with Gasteiger partial charge in [0.15, 0.2) is 11.6 Å². The molecule has 0 saturated heterocycles. The monoisotopic (exact) mass is 310 g/mol. The number of pyridine rings is 1. The average molecular weight is 310 g/mol. The molecule has 6 nitrogen and oxygen atoms in total. The number of allylic oxidation sites excluding steroid dienone is 1. The molecule has 1 N–H and O–H groups in total. The van der Waals surface area contributed by atoms with Crippen LogP contribution in [0.15, 0.2) is 43.4 Å². The standard InChI is InChI=1S/C13H15FN4O2S/c1-2-3-4-8-21(19,20)17-11-9-16-18(10-11)13-12(14)6-5-7-15-13/h2,5-7,9-10,17H,1,3-4,8H2. The number of unbranched alkanes of at least 4 members (excludes halogenated alkanes) is 1. The van der Waals surface area contributed by atoms with Crippen LogP contribution in [0, 0.1) is 5.82 Å². The minimum atomic E-state index is -3.45. The minimum absolute atomic E-state index is 0.00889. The van der Waals surface area contributed by atoms with Gasteiger partial charge in [-0.3, -0.25) is 4.72 Å². The van der Waals surface area contributed by atoms with Gasteiger partial charge in [-0.05, 0) is 25.0 Å². The van der Waals surface area contributed by atoms with Crippen LogP contribution >= 0.6 is 0 Å². The van der Waals surface area contributed by atoms with E-state index in [1.165, 1.54) is 35.4 Å². The largest absolute Gasteiger partial charge is 0.280 e. The zero-order valence-corrected chi connectivity index (χ0v) is 12.1. The quantitative estimate of drug-likeness (QED) is 0.627. The third-order valence-corrected chi connectivity index (χ3v) is 4.01. The number of nitrogens with one attached hydrogen (secondary N) is 1. The van der Waals surface area contributed by atoms with Gasteiger partial charge in [-0.15, -0.1) is 6.58 Å². The molecule has 0 aliphatic heterocycles. The Labute approximate surface area is 122 Å². The normalized spacial score (nSPS) is 11.3. The fourth-order valence-corrected chi connectivity index (χ4v) is 2.80. The Hall–Kier alpha value is -2.22. The molecule has 0 aromatic carbocycles. The van der Waals surface area contributed by atoms with E-state index >= 15 is 0 Å². The molecule has 0 spiro atoms. The summed E-state index contributed by atoms with van der Waals surface area (Å²) in [5, 5.41) is 3.90. The second-order valence-electron chi connectivity index (χ2n) is 4.33. The molecule has 2 rings (SSSR count). The van der Waals surface area contributed by atoms with Crippen LogP contribution in [0.1, 0.15) is 12.8 Å². The third kappa shape index (κ3) is 4.12. The molecule has 2 aromatic heterocycles. The Kier molecular flexibility index (Phi) is 4.69. The second-order valence-corrected chi connectivity index (χ2v) is 6.18. The molecule has 2 heterocycles. The zero-order valence-electron chi connectivity index (χ0n) is 11.2. The van der Waals surface area contributed by atoms with Crippen LogP contribution in [0.25, 0.3) is 5.82 Å². The van der Waals surface area contributed by atoms with Gasteiger partial charge in [0.1, 0.15) is 0 Å². The Morgan fingerprint density at radius 2 is 2.29 bits per heavy atom. The molecule has 0 atom stereocenters. The minimum Gasteiger partial charge on any atom is -0.280 e. The summed E-state index contributed by atoms with van der Waals surface area (Å²) in [5.74, 6) is -0.544. The summed E-state index contributed by atoms with van der Waals surface area (Å²) < 4.78 is 40.8. The molecule has 0 aliphatic carbocycles. The lowest BCUT2D eigenvalue weighted by molar-refractivity contribution is 0.598. The van der Waals surface area contributed by atoms with Crippen LogP contribution < -0.4 is 4.72 Å². The van der Waals surface area contributed by atoms with Gasteiger partial charge >= 0.3 is 0 Å². The van der Waals surface area contributed by atoms with Crippen molar-refractivity contribution in [3.05, 3.63) is 49.2 Å². The number of halogens is 1. The van der Waals surface area contributed by atoms with Crippen LogP contribution in [-0.4, -0.2) is 28.9 Å². The maximum Gasteiger partial charge on any atom is 0.232 e. The molecular weight excluding hydrogens is 295 g/mol. The van der Waals surface area contributed by atoms with Crippen molar-refractivity contribution in [1.29, 1.82) is 0 Å². The van der Waals surface area contributed by atoms with Crippen molar-refractivity contribution in [1.82, 2.24) is 14.8 Å². The van der Waals surface area contributed by atoms with Crippen molar-refractivity contribution in [3.8, 4) is 5.82 Å². The number of rotatable bonds is 7. The summed E-state index contributed by atoms with van der Waals surface area (Å²) in [6.45, 7) is 3.54. The van der Waals surface area contributed by atoms with E-state index in [9.17, 15) is 12.8 Å². The maximum absolute atomic E-state index is 13.6. The maximum atomic E-state index is 13.6. The van der Waals surface area contributed by atoms with Crippen molar-refractivity contribution >= 4 is 15.7 Å². The molecule has 21 heavy (non-hydrogen) atoms. The first-order valence-corrected chi connectivity index (χ1v) is 7.94. The molecule has 112 valence electrons. The van der Waals surface area contributed by atoms with Crippen LogP contribution in [0.3, 0.4) is 0 Å². The summed E-state index contributed by atoms with van der Waals surface area (Å²) in [6, 6.07) is 2.72. The molecule has 0 fully saturated rings. The van der Waals surface area contributed by atoms with Gasteiger partial charge in [-0.2, -0.15) is 5.10 Å². The Bertz CT molecular complexity index is 727. The Morgan fingerprint density at radius 1 is 1.48 bits per heavy atom. The lowest BCUT2D eigenvalue weighted by Crippen LogP contribution is -2.16. The molecule has 2 aromatic rings. The molecule has 8 heteroatoms. The fraction of sp³-hybridized carbons (Fsp3) is 0.231. The molecule has 0 radical (unpaired) electrons. The molecule has 0 unspecified atom stereocenters. The fourth-order valence-electron chi connectivity index (χ4n) is 1.69. The molecular formula is C13H15FN4O2S. The lowest BCUT2D eigenvalue weighted by atomic mass is 10.3. The third-order valence-electron chi connectivity index (χ3n) is 2.63. The predicted molar refractivity (Wildman–Crippen MR) is 78.2 cm³/mol. The summed E-state index contributed by atoms with van der Waals surface area (Å²) in [6.07, 6.45) is 6.88. The van der Waals surface area contributed by atoms with Crippen LogP contribution in [0.4, 0.5) is 10.1 Å². The highest BCUT2D eigenvalue weighted by atomic mass is 32.2. The highest BCUT2D eigenvalue weighted by Gasteiger charge is 2.12. The van der Waals surface area contributed by atoms with E-state index in [4.69, 9.17) is 0 Å². The molecule has 0 bridgehead atoms. The van der Waals surface area contributed by atoms with E-state index in [1.807, 2.05) is 0 Å². The van der Waals surface area contributed by atoms with Gasteiger partial charge < -0.3 is 0 Å². The Morgan fingerprint density at radius 3 is 3.00 bits per heavy atom. The summed E-state index contributed by atoms with van der Waals surface area (Å²) in [7, 11) is -3.45. The van der Waals surface area contributed by atoms with Gasteiger partial charge in [0.25, 0.3) is 0 Å². The number of anilines is 1. The SMILES string of the molecule is C=CCCCS(=O)(=O)Nc1cnn(-c2ncccc2F)c1. The first-order chi connectivity index (χ1) is 10.0. The van der Waals surface area contributed by atoms with E-state index in [0.29, 0.717) is 12.8 Å². The van der Waals surface area contributed by atoms with Gasteiger partial charge in [-0.1, -0.05) is 6.08 Å². The van der Waals surface area contributed by atoms with E-state index in [-0.39, 0.29) is 17.3 Å². The molecule has 0 aliphatic rings. The van der Waals surface area contributed by atoms with Crippen LogP contribution in [0.5, 0.6) is 0 Å². The number of sulfonamides is 1. The second kappa shape index (κ2) is 6.49. The predicted octanol–water partition coefficient (Wildman–Crippen LogP) is 2.11. The van der Waals surface area contributed by atoms with Crippen molar-refractivity contribution < 1.29 is 12.8 Å². The first kappa shape index (κ1) is 15.2.